The fraction of sp³-hybridized carbons (Fsp3) is 0.562. The molecule has 3 heterocycles. The summed E-state index contributed by atoms with van der Waals surface area (Å²) in [6, 6.07) is 7.07. The quantitative estimate of drug-likeness (QED) is 0.842. The molecule has 2 aromatic heterocycles. The van der Waals surface area contributed by atoms with Gasteiger partial charge in [0.1, 0.15) is 5.82 Å². The Kier molecular flexibility index (Phi) is 3.31. The van der Waals surface area contributed by atoms with E-state index in [-0.39, 0.29) is 0 Å². The molecular weight excluding hydrogens is 234 g/mol. The molecule has 102 valence electrons. The van der Waals surface area contributed by atoms with Crippen LogP contribution in [0.5, 0.6) is 0 Å². The fourth-order valence-electron chi connectivity index (χ4n) is 3.19. The van der Waals surface area contributed by atoms with Crippen LogP contribution in [-0.4, -0.2) is 33.4 Å². The highest BCUT2D eigenvalue weighted by Crippen LogP contribution is 2.23. The Hall–Kier alpha value is -1.35. The topological polar surface area (TPSA) is 20.5 Å². The van der Waals surface area contributed by atoms with E-state index in [4.69, 9.17) is 0 Å². The Balaban J connectivity index is 1.79. The van der Waals surface area contributed by atoms with Crippen LogP contribution in [-0.2, 0) is 6.42 Å². The monoisotopic (exact) mass is 257 g/mol. The third-order valence-corrected chi connectivity index (χ3v) is 4.34. The standard InChI is InChI=1S/C16H23N3/c1-12(2)18-8-7-14(11-18)9-16-17-10-15-6-4-5-13(3)19(15)16/h4-6,10,12,14H,7-9,11H2,1-3H3. The van der Waals surface area contributed by atoms with E-state index in [0.29, 0.717) is 6.04 Å². The van der Waals surface area contributed by atoms with E-state index in [0.717, 1.165) is 12.3 Å². The van der Waals surface area contributed by atoms with Crippen LogP contribution in [0.3, 0.4) is 0 Å². The van der Waals surface area contributed by atoms with Crippen molar-refractivity contribution in [3.63, 3.8) is 0 Å². The van der Waals surface area contributed by atoms with Gasteiger partial charge in [-0.15, -0.1) is 0 Å². The summed E-state index contributed by atoms with van der Waals surface area (Å²) in [5, 5.41) is 0. The number of fused-ring (bicyclic) bond motifs is 1. The van der Waals surface area contributed by atoms with E-state index in [1.807, 2.05) is 6.20 Å². The summed E-state index contributed by atoms with van der Waals surface area (Å²) in [6.45, 7) is 9.20. The Morgan fingerprint density at radius 2 is 2.21 bits per heavy atom. The molecule has 0 radical (unpaired) electrons. The number of likely N-dealkylation sites (tertiary alicyclic amines) is 1. The van der Waals surface area contributed by atoms with Gasteiger partial charge in [-0.05, 0) is 51.8 Å². The van der Waals surface area contributed by atoms with Crippen molar-refractivity contribution >= 4 is 5.52 Å². The van der Waals surface area contributed by atoms with Gasteiger partial charge in [0.25, 0.3) is 0 Å². The van der Waals surface area contributed by atoms with Gasteiger partial charge in [0, 0.05) is 24.7 Å². The molecule has 2 aromatic rings. The second kappa shape index (κ2) is 4.97. The second-order valence-electron chi connectivity index (χ2n) is 6.05. The lowest BCUT2D eigenvalue weighted by molar-refractivity contribution is 0.264. The number of nitrogens with zero attached hydrogens (tertiary/aromatic N) is 3. The van der Waals surface area contributed by atoms with Crippen molar-refractivity contribution in [3.8, 4) is 0 Å². The first kappa shape index (κ1) is 12.7. The number of hydrogen-bond acceptors (Lipinski definition) is 2. The number of aryl methyl sites for hydroxylation is 1. The van der Waals surface area contributed by atoms with Gasteiger partial charge in [-0.3, -0.25) is 0 Å². The number of aromatic nitrogens is 2. The second-order valence-corrected chi connectivity index (χ2v) is 6.05. The molecule has 19 heavy (non-hydrogen) atoms. The van der Waals surface area contributed by atoms with E-state index in [9.17, 15) is 0 Å². The van der Waals surface area contributed by atoms with Crippen LogP contribution in [0.4, 0.5) is 0 Å². The number of hydrogen-bond donors (Lipinski definition) is 0. The van der Waals surface area contributed by atoms with Crippen molar-refractivity contribution in [2.45, 2.75) is 39.7 Å². The molecule has 1 unspecified atom stereocenters. The van der Waals surface area contributed by atoms with Crippen molar-refractivity contribution in [2.75, 3.05) is 13.1 Å². The van der Waals surface area contributed by atoms with E-state index in [1.165, 1.54) is 36.5 Å². The molecular formula is C16H23N3. The smallest absolute Gasteiger partial charge is 0.113 e. The largest absolute Gasteiger partial charge is 0.301 e. The summed E-state index contributed by atoms with van der Waals surface area (Å²) in [5.41, 5.74) is 2.50. The molecule has 0 aliphatic carbocycles. The summed E-state index contributed by atoms with van der Waals surface area (Å²) in [7, 11) is 0. The number of rotatable bonds is 3. The average Bonchev–Trinajstić information content (AvgIpc) is 2.98. The fourth-order valence-corrected chi connectivity index (χ4v) is 3.19. The minimum Gasteiger partial charge on any atom is -0.301 e. The van der Waals surface area contributed by atoms with Crippen LogP contribution in [0.2, 0.25) is 0 Å². The van der Waals surface area contributed by atoms with Gasteiger partial charge in [-0.2, -0.15) is 0 Å². The molecule has 3 heteroatoms. The first-order chi connectivity index (χ1) is 9.15. The SMILES string of the molecule is Cc1cccc2cnc(CC3CCN(C(C)C)C3)n12. The molecule has 1 atom stereocenters. The van der Waals surface area contributed by atoms with Crippen molar-refractivity contribution in [3.05, 3.63) is 35.9 Å². The summed E-state index contributed by atoms with van der Waals surface area (Å²) >= 11 is 0. The van der Waals surface area contributed by atoms with Crippen molar-refractivity contribution in [2.24, 2.45) is 5.92 Å². The third-order valence-electron chi connectivity index (χ3n) is 4.34. The number of imidazole rings is 1. The highest BCUT2D eigenvalue weighted by atomic mass is 15.2. The normalized spacial score (nSPS) is 20.7. The van der Waals surface area contributed by atoms with Crippen molar-refractivity contribution < 1.29 is 0 Å². The molecule has 3 rings (SSSR count). The molecule has 1 aliphatic rings. The van der Waals surface area contributed by atoms with Crippen LogP contribution in [0.1, 0.15) is 31.8 Å². The van der Waals surface area contributed by atoms with Gasteiger partial charge in [0.05, 0.1) is 11.7 Å². The van der Waals surface area contributed by atoms with Crippen LogP contribution in [0.15, 0.2) is 24.4 Å². The Bertz CT molecular complexity index is 570. The van der Waals surface area contributed by atoms with Crippen molar-refractivity contribution in [1.29, 1.82) is 0 Å². The van der Waals surface area contributed by atoms with Gasteiger partial charge in [-0.25, -0.2) is 4.98 Å². The first-order valence-corrected chi connectivity index (χ1v) is 7.31. The Morgan fingerprint density at radius 1 is 1.37 bits per heavy atom. The highest BCUT2D eigenvalue weighted by molar-refractivity contribution is 5.47. The molecule has 1 aliphatic heterocycles. The summed E-state index contributed by atoms with van der Waals surface area (Å²) in [6.07, 6.45) is 4.40. The van der Waals surface area contributed by atoms with Gasteiger partial charge in [0.15, 0.2) is 0 Å². The van der Waals surface area contributed by atoms with Gasteiger partial charge >= 0.3 is 0 Å². The minimum atomic E-state index is 0.670. The summed E-state index contributed by atoms with van der Waals surface area (Å²) < 4.78 is 2.30. The van der Waals surface area contributed by atoms with Gasteiger partial charge < -0.3 is 9.30 Å². The van der Waals surface area contributed by atoms with Gasteiger partial charge in [0.2, 0.25) is 0 Å². The van der Waals surface area contributed by atoms with E-state index in [1.54, 1.807) is 0 Å². The van der Waals surface area contributed by atoms with Crippen LogP contribution < -0.4 is 0 Å². The maximum Gasteiger partial charge on any atom is 0.113 e. The molecule has 0 spiro atoms. The Labute approximate surface area is 115 Å². The van der Waals surface area contributed by atoms with Crippen molar-refractivity contribution in [1.82, 2.24) is 14.3 Å². The molecule has 3 nitrogen and oxygen atoms in total. The molecule has 0 amide bonds. The zero-order chi connectivity index (χ0) is 13.4. The van der Waals surface area contributed by atoms with E-state index < -0.39 is 0 Å². The lowest BCUT2D eigenvalue weighted by Crippen LogP contribution is -2.28. The van der Waals surface area contributed by atoms with Crippen LogP contribution in [0.25, 0.3) is 5.52 Å². The van der Waals surface area contributed by atoms with Gasteiger partial charge in [-0.1, -0.05) is 6.07 Å². The minimum absolute atomic E-state index is 0.670. The first-order valence-electron chi connectivity index (χ1n) is 7.31. The lowest BCUT2D eigenvalue weighted by atomic mass is 10.0. The third kappa shape index (κ3) is 2.39. The van der Waals surface area contributed by atoms with Crippen LogP contribution >= 0.6 is 0 Å². The van der Waals surface area contributed by atoms with E-state index >= 15 is 0 Å². The molecule has 0 bridgehead atoms. The molecule has 1 fully saturated rings. The zero-order valence-electron chi connectivity index (χ0n) is 12.1. The highest BCUT2D eigenvalue weighted by Gasteiger charge is 2.25. The molecule has 1 saturated heterocycles. The average molecular weight is 257 g/mol. The van der Waals surface area contributed by atoms with Crippen LogP contribution in [0, 0.1) is 12.8 Å². The summed E-state index contributed by atoms with van der Waals surface area (Å²) in [5.74, 6) is 1.98. The maximum atomic E-state index is 4.63. The molecule has 0 saturated carbocycles. The zero-order valence-corrected chi connectivity index (χ0v) is 12.1. The van der Waals surface area contributed by atoms with E-state index in [2.05, 4.69) is 53.3 Å². The molecule has 0 N–H and O–H groups in total. The predicted octanol–water partition coefficient (Wildman–Crippen LogP) is 2.92. The maximum absolute atomic E-state index is 4.63. The lowest BCUT2D eigenvalue weighted by Gasteiger charge is -2.20. The Morgan fingerprint density at radius 3 is 2.95 bits per heavy atom. The predicted molar refractivity (Wildman–Crippen MR) is 78.4 cm³/mol. The summed E-state index contributed by atoms with van der Waals surface area (Å²) in [4.78, 5) is 7.21. The number of pyridine rings is 1. The molecule has 0 aromatic carbocycles.